The Kier molecular flexibility index (Phi) is 7.75. The van der Waals surface area contributed by atoms with Gasteiger partial charge in [0.15, 0.2) is 0 Å². The average molecular weight is 356 g/mol. The van der Waals surface area contributed by atoms with E-state index >= 15 is 0 Å². The molecule has 0 saturated heterocycles. The molecule has 0 aliphatic heterocycles. The van der Waals surface area contributed by atoms with E-state index in [-0.39, 0.29) is 5.91 Å². The van der Waals surface area contributed by atoms with Crippen LogP contribution in [-0.4, -0.2) is 48.4 Å². The van der Waals surface area contributed by atoms with Crippen LogP contribution in [-0.2, 0) is 0 Å². The zero-order chi connectivity index (χ0) is 15.8. The first-order chi connectivity index (χ1) is 10.0. The van der Waals surface area contributed by atoms with Gasteiger partial charge in [-0.25, -0.2) is 0 Å². The molecule has 0 saturated carbocycles. The van der Waals surface area contributed by atoms with Crippen LogP contribution in [0.2, 0.25) is 0 Å². The van der Waals surface area contributed by atoms with E-state index in [9.17, 15) is 4.79 Å². The van der Waals surface area contributed by atoms with Crippen LogP contribution in [0, 0.1) is 0 Å². The van der Waals surface area contributed by atoms with Crippen LogP contribution in [0.25, 0.3) is 0 Å². The van der Waals surface area contributed by atoms with Crippen LogP contribution in [0.3, 0.4) is 0 Å². The number of carbonyl (C=O) groups excluding carboxylic acids is 1. The number of carbonyl (C=O) groups is 1. The monoisotopic (exact) mass is 355 g/mol. The first-order valence-corrected chi connectivity index (χ1v) is 8.39. The van der Waals surface area contributed by atoms with Crippen molar-refractivity contribution in [2.75, 3.05) is 38.5 Å². The number of nitrogens with two attached hydrogens (primary N) is 1. The summed E-state index contributed by atoms with van der Waals surface area (Å²) in [4.78, 5) is 16.8. The van der Waals surface area contributed by atoms with E-state index in [0.717, 1.165) is 37.1 Å². The fraction of sp³-hybridized carbons (Fsp3) is 0.562. The molecule has 1 aromatic rings. The predicted molar refractivity (Wildman–Crippen MR) is 92.5 cm³/mol. The number of amides is 1. The first-order valence-electron chi connectivity index (χ1n) is 7.60. The minimum atomic E-state index is 0.0158. The Morgan fingerprint density at radius 1 is 1.14 bits per heavy atom. The first kappa shape index (κ1) is 18.0. The van der Waals surface area contributed by atoms with Gasteiger partial charge in [-0.05, 0) is 51.2 Å². The molecule has 21 heavy (non-hydrogen) atoms. The topological polar surface area (TPSA) is 49.6 Å². The third-order valence-corrected chi connectivity index (χ3v) is 4.20. The zero-order valence-electron chi connectivity index (χ0n) is 13.2. The fourth-order valence-corrected chi connectivity index (χ4v) is 2.71. The number of anilines is 1. The molecule has 0 radical (unpaired) electrons. The van der Waals surface area contributed by atoms with Crippen molar-refractivity contribution in [1.82, 2.24) is 9.80 Å². The van der Waals surface area contributed by atoms with E-state index in [1.807, 2.05) is 17.9 Å². The molecule has 0 aromatic heterocycles. The highest BCUT2D eigenvalue weighted by Crippen LogP contribution is 2.20. The summed E-state index contributed by atoms with van der Waals surface area (Å²) in [6, 6.07) is 5.42. The smallest absolute Gasteiger partial charge is 0.255 e. The van der Waals surface area contributed by atoms with Gasteiger partial charge in [0.1, 0.15) is 0 Å². The molecule has 2 N–H and O–H groups in total. The van der Waals surface area contributed by atoms with E-state index in [1.54, 1.807) is 12.1 Å². The maximum absolute atomic E-state index is 12.5. The molecular formula is C16H26BrN3O. The third kappa shape index (κ3) is 5.32. The van der Waals surface area contributed by atoms with E-state index < -0.39 is 0 Å². The molecule has 0 heterocycles. The summed E-state index contributed by atoms with van der Waals surface area (Å²) in [5.41, 5.74) is 7.06. The maximum Gasteiger partial charge on any atom is 0.255 e. The Balaban J connectivity index is 2.64. The number of nitrogens with zero attached hydrogens (tertiary/aromatic N) is 2. The second-order valence-corrected chi connectivity index (χ2v) is 5.91. The van der Waals surface area contributed by atoms with Gasteiger partial charge in [-0.3, -0.25) is 4.79 Å². The van der Waals surface area contributed by atoms with Gasteiger partial charge in [-0.1, -0.05) is 29.8 Å². The largest absolute Gasteiger partial charge is 0.398 e. The van der Waals surface area contributed by atoms with Gasteiger partial charge in [0, 0.05) is 23.2 Å². The molecule has 1 rings (SSSR count). The van der Waals surface area contributed by atoms with Crippen molar-refractivity contribution in [3.8, 4) is 0 Å². The van der Waals surface area contributed by atoms with Gasteiger partial charge in [-0.2, -0.15) is 0 Å². The van der Waals surface area contributed by atoms with Gasteiger partial charge in [0.25, 0.3) is 5.91 Å². The Labute approximate surface area is 136 Å². The summed E-state index contributed by atoms with van der Waals surface area (Å²) in [7, 11) is 0. The van der Waals surface area contributed by atoms with Crippen molar-refractivity contribution in [3.05, 3.63) is 28.2 Å². The number of hydrogen-bond donors (Lipinski definition) is 1. The Morgan fingerprint density at radius 2 is 1.81 bits per heavy atom. The molecule has 0 spiro atoms. The van der Waals surface area contributed by atoms with Crippen LogP contribution >= 0.6 is 15.9 Å². The van der Waals surface area contributed by atoms with Crippen molar-refractivity contribution >= 4 is 27.5 Å². The van der Waals surface area contributed by atoms with E-state index in [1.165, 1.54) is 0 Å². The van der Waals surface area contributed by atoms with Crippen molar-refractivity contribution < 1.29 is 4.79 Å². The van der Waals surface area contributed by atoms with Gasteiger partial charge >= 0.3 is 0 Å². The SMILES string of the molecule is CCN(CC)CCCN(CC)C(=O)c1ccc(Br)cc1N. The molecule has 0 unspecified atom stereocenters. The van der Waals surface area contributed by atoms with Gasteiger partial charge in [0.05, 0.1) is 5.56 Å². The van der Waals surface area contributed by atoms with E-state index in [0.29, 0.717) is 17.8 Å². The summed E-state index contributed by atoms with van der Waals surface area (Å²) < 4.78 is 0.890. The van der Waals surface area contributed by atoms with Crippen LogP contribution in [0.4, 0.5) is 5.69 Å². The minimum Gasteiger partial charge on any atom is -0.398 e. The van der Waals surface area contributed by atoms with Gasteiger partial charge in [0.2, 0.25) is 0 Å². The number of benzene rings is 1. The number of halogens is 1. The molecule has 1 aromatic carbocycles. The Hall–Kier alpha value is -1.07. The van der Waals surface area contributed by atoms with E-state index in [4.69, 9.17) is 5.73 Å². The molecule has 118 valence electrons. The molecule has 0 fully saturated rings. The number of hydrogen-bond acceptors (Lipinski definition) is 3. The maximum atomic E-state index is 12.5. The minimum absolute atomic E-state index is 0.0158. The highest BCUT2D eigenvalue weighted by molar-refractivity contribution is 9.10. The molecule has 0 aliphatic rings. The quantitative estimate of drug-likeness (QED) is 0.728. The lowest BCUT2D eigenvalue weighted by Crippen LogP contribution is -2.34. The van der Waals surface area contributed by atoms with Crippen LogP contribution < -0.4 is 5.73 Å². The second-order valence-electron chi connectivity index (χ2n) is 5.00. The highest BCUT2D eigenvalue weighted by atomic mass is 79.9. The molecule has 1 amide bonds. The molecular weight excluding hydrogens is 330 g/mol. The molecule has 0 bridgehead atoms. The lowest BCUT2D eigenvalue weighted by atomic mass is 10.1. The van der Waals surface area contributed by atoms with Crippen LogP contribution in [0.1, 0.15) is 37.6 Å². The van der Waals surface area contributed by atoms with Crippen molar-refractivity contribution in [2.45, 2.75) is 27.2 Å². The van der Waals surface area contributed by atoms with E-state index in [2.05, 4.69) is 34.7 Å². The predicted octanol–water partition coefficient (Wildman–Crippen LogP) is 3.23. The Morgan fingerprint density at radius 3 is 2.33 bits per heavy atom. The average Bonchev–Trinajstić information content (AvgIpc) is 2.47. The van der Waals surface area contributed by atoms with Crippen LogP contribution in [0.15, 0.2) is 22.7 Å². The van der Waals surface area contributed by atoms with Crippen molar-refractivity contribution in [3.63, 3.8) is 0 Å². The summed E-state index contributed by atoms with van der Waals surface area (Å²) in [5.74, 6) is 0.0158. The van der Waals surface area contributed by atoms with Crippen molar-refractivity contribution in [2.24, 2.45) is 0 Å². The Bertz CT molecular complexity index is 461. The highest BCUT2D eigenvalue weighted by Gasteiger charge is 2.16. The molecule has 0 aliphatic carbocycles. The molecule has 4 nitrogen and oxygen atoms in total. The summed E-state index contributed by atoms with van der Waals surface area (Å²) in [5, 5.41) is 0. The summed E-state index contributed by atoms with van der Waals surface area (Å²) in [6.07, 6.45) is 0.984. The number of rotatable bonds is 8. The number of nitrogen functional groups attached to an aromatic ring is 1. The molecule has 0 atom stereocenters. The normalized spacial score (nSPS) is 10.9. The lowest BCUT2D eigenvalue weighted by molar-refractivity contribution is 0.0758. The lowest BCUT2D eigenvalue weighted by Gasteiger charge is -2.24. The second kappa shape index (κ2) is 9.05. The zero-order valence-corrected chi connectivity index (χ0v) is 14.8. The summed E-state index contributed by atoms with van der Waals surface area (Å²) in [6.45, 7) is 10.9. The third-order valence-electron chi connectivity index (χ3n) is 3.71. The van der Waals surface area contributed by atoms with Gasteiger partial charge in [-0.15, -0.1) is 0 Å². The van der Waals surface area contributed by atoms with Gasteiger partial charge < -0.3 is 15.5 Å². The van der Waals surface area contributed by atoms with Crippen LogP contribution in [0.5, 0.6) is 0 Å². The standard InChI is InChI=1S/C16H26BrN3O/c1-4-19(5-2)10-7-11-20(6-3)16(21)14-9-8-13(17)12-15(14)18/h8-9,12H,4-7,10-11,18H2,1-3H3. The summed E-state index contributed by atoms with van der Waals surface area (Å²) >= 11 is 3.36. The van der Waals surface area contributed by atoms with Crippen molar-refractivity contribution in [1.29, 1.82) is 0 Å². The molecule has 5 heteroatoms. The fourth-order valence-electron chi connectivity index (χ4n) is 2.33.